The van der Waals surface area contributed by atoms with Gasteiger partial charge < -0.3 is 18.9 Å². The minimum absolute atomic E-state index is 0.0112. The van der Waals surface area contributed by atoms with E-state index in [2.05, 4.69) is 9.47 Å². The lowest BCUT2D eigenvalue weighted by Gasteiger charge is -2.62. The summed E-state index contributed by atoms with van der Waals surface area (Å²) in [6.07, 6.45) is -24.6. The summed E-state index contributed by atoms with van der Waals surface area (Å²) in [6, 6.07) is 0. The zero-order chi connectivity index (χ0) is 45.6. The lowest BCUT2D eigenvalue weighted by atomic mass is 9.47. The molecule has 0 aromatic rings. The molecule has 1 saturated heterocycles. The maximum Gasteiger partial charge on any atom is 0.438 e. The third-order valence-corrected chi connectivity index (χ3v) is 15.5. The van der Waals surface area contributed by atoms with Gasteiger partial charge in [-0.2, -0.15) is 69.5 Å². The van der Waals surface area contributed by atoms with Gasteiger partial charge in [-0.1, -0.05) is 25.7 Å². The van der Waals surface area contributed by atoms with Crippen LogP contribution in [0, 0.1) is 46.8 Å². The van der Waals surface area contributed by atoms with Crippen LogP contribution in [0.3, 0.4) is 0 Å². The van der Waals surface area contributed by atoms with Crippen LogP contribution < -0.4 is 0 Å². The van der Waals surface area contributed by atoms with Gasteiger partial charge in [0, 0.05) is 11.8 Å². The summed E-state index contributed by atoms with van der Waals surface area (Å²) in [7, 11) is -12.1. The minimum Gasteiger partial charge on any atom is -0.438 e. The van der Waals surface area contributed by atoms with Gasteiger partial charge in [0.2, 0.25) is 0 Å². The average molecular weight is 949 g/mol. The maximum atomic E-state index is 14.2. The number of halogens is 12. The van der Waals surface area contributed by atoms with E-state index in [1.807, 2.05) is 0 Å². The van der Waals surface area contributed by atoms with E-state index in [-0.39, 0.29) is 51.6 Å². The van der Waals surface area contributed by atoms with Crippen molar-refractivity contribution in [2.24, 2.45) is 46.8 Å². The predicted octanol–water partition coefficient (Wildman–Crippen LogP) is 7.52. The SMILES string of the molecule is O=C(OC(CS(=O)(=O)O)(C(F)(F)F)C(F)(F)F)C(C1CCCCC1)C1CCCC(C2COC3(O2)C2CC4CC3CC(C(=O)OC(CS(=O)(=O)O)(C(F)(F)F)C(F)(F)F)(C4)C2)C1. The maximum absolute atomic E-state index is 14.2. The fraction of sp³-hybridized carbons (Fsp3) is 0.943. The van der Waals surface area contributed by atoms with E-state index in [4.69, 9.17) is 18.6 Å². The number of esters is 2. The van der Waals surface area contributed by atoms with Crippen molar-refractivity contribution in [3.05, 3.63) is 0 Å². The van der Waals surface area contributed by atoms with E-state index in [1.165, 1.54) is 0 Å². The molecule has 0 aromatic carbocycles. The molecule has 0 radical (unpaired) electrons. The van der Waals surface area contributed by atoms with Crippen molar-refractivity contribution in [2.75, 3.05) is 18.1 Å². The molecule has 61 heavy (non-hydrogen) atoms. The van der Waals surface area contributed by atoms with Crippen molar-refractivity contribution in [1.82, 2.24) is 0 Å². The molecule has 1 aliphatic heterocycles. The van der Waals surface area contributed by atoms with Gasteiger partial charge in [0.25, 0.3) is 20.2 Å². The normalized spacial score (nSPS) is 33.8. The van der Waals surface area contributed by atoms with Gasteiger partial charge in [0.1, 0.15) is 11.5 Å². The number of ether oxygens (including phenoxy) is 4. The lowest BCUT2D eigenvalue weighted by Crippen LogP contribution is -2.67. The number of carbonyl (C=O) groups excluding carboxylic acids is 2. The Bertz CT molecular complexity index is 1850. The molecule has 12 nitrogen and oxygen atoms in total. The first-order chi connectivity index (χ1) is 27.7. The Morgan fingerprint density at radius 1 is 0.639 bits per heavy atom. The van der Waals surface area contributed by atoms with E-state index < -0.39 is 151 Å². The summed E-state index contributed by atoms with van der Waals surface area (Å²) in [4.78, 5) is 27.3. The number of alkyl halides is 12. The largest absolute Gasteiger partial charge is 0.438 e. The standard InChI is InChI=1S/C35H44F12O12S2/c36-32(37,38)29(33(39,40)41,16-60(50,51)52)58-26(48)25(19-5-2-1-3-6-19)21-8-4-7-20(11-21)24-15-56-31(57-24)22-9-18-10-23(31)14-28(12-18,13-22)27(49)59-30(34(42,43)44,35(45,46)47)17-61(53,54)55/h18-25H,1-17H2,(H,50,51,52)(H,53,54,55). The Kier molecular flexibility index (Phi) is 12.5. The van der Waals surface area contributed by atoms with Crippen molar-refractivity contribution < 1.29 is 107 Å². The molecule has 6 unspecified atom stereocenters. The molecule has 2 N–H and O–H groups in total. The van der Waals surface area contributed by atoms with Crippen molar-refractivity contribution in [1.29, 1.82) is 0 Å². The molecular weight excluding hydrogens is 904 g/mol. The molecule has 6 saturated carbocycles. The highest BCUT2D eigenvalue weighted by molar-refractivity contribution is 7.86. The Morgan fingerprint density at radius 3 is 1.59 bits per heavy atom. The summed E-state index contributed by atoms with van der Waals surface area (Å²) in [5, 5.41) is 0. The first kappa shape index (κ1) is 48.3. The molecule has 7 aliphatic rings. The van der Waals surface area contributed by atoms with Gasteiger partial charge >= 0.3 is 47.8 Å². The van der Waals surface area contributed by atoms with Gasteiger partial charge in [0.05, 0.1) is 24.0 Å². The van der Waals surface area contributed by atoms with Gasteiger partial charge in [-0.3, -0.25) is 18.7 Å². The highest BCUT2D eigenvalue weighted by Crippen LogP contribution is 2.67. The summed E-state index contributed by atoms with van der Waals surface area (Å²) in [5.74, 6) is -17.3. The van der Waals surface area contributed by atoms with Crippen molar-refractivity contribution in [3.63, 3.8) is 0 Å². The average Bonchev–Trinajstić information content (AvgIpc) is 3.54. The molecular formula is C35H44F12O12S2. The van der Waals surface area contributed by atoms with E-state index in [1.54, 1.807) is 0 Å². The molecule has 6 atom stereocenters. The predicted molar refractivity (Wildman–Crippen MR) is 180 cm³/mol. The fourth-order valence-electron chi connectivity index (χ4n) is 11.5. The van der Waals surface area contributed by atoms with Crippen molar-refractivity contribution >= 4 is 32.2 Å². The first-order valence-electron chi connectivity index (χ1n) is 19.6. The Balaban J connectivity index is 1.23. The van der Waals surface area contributed by atoms with Crippen molar-refractivity contribution in [2.45, 2.75) is 138 Å². The van der Waals surface area contributed by atoms with E-state index in [0.29, 0.717) is 32.1 Å². The number of carbonyl (C=O) groups is 2. The number of hydrogen-bond acceptors (Lipinski definition) is 10. The molecule has 4 bridgehead atoms. The van der Waals surface area contributed by atoms with Gasteiger partial charge in [-0.25, -0.2) is 0 Å². The summed E-state index contributed by atoms with van der Waals surface area (Å²) < 4.78 is 255. The molecule has 7 rings (SSSR count). The quantitative estimate of drug-likeness (QED) is 0.118. The Labute approximate surface area is 341 Å². The van der Waals surface area contributed by atoms with Crippen molar-refractivity contribution in [3.8, 4) is 0 Å². The van der Waals surface area contributed by atoms with E-state index in [0.717, 1.165) is 0 Å². The number of rotatable bonds is 11. The molecule has 0 aromatic heterocycles. The summed E-state index contributed by atoms with van der Waals surface area (Å²) in [5.41, 5.74) is -13.2. The van der Waals surface area contributed by atoms with Gasteiger partial charge in [0.15, 0.2) is 5.79 Å². The minimum atomic E-state index is -6.53. The van der Waals surface area contributed by atoms with Crippen LogP contribution in [0.4, 0.5) is 52.7 Å². The third-order valence-electron chi connectivity index (χ3n) is 13.9. The van der Waals surface area contributed by atoms with Gasteiger partial charge in [-0.05, 0) is 87.9 Å². The highest BCUT2D eigenvalue weighted by Gasteiger charge is 2.78. The Morgan fingerprint density at radius 2 is 1.11 bits per heavy atom. The lowest BCUT2D eigenvalue weighted by molar-refractivity contribution is -0.367. The van der Waals surface area contributed by atoms with Crippen LogP contribution in [0.15, 0.2) is 0 Å². The van der Waals surface area contributed by atoms with Crippen LogP contribution in [0.2, 0.25) is 0 Å². The van der Waals surface area contributed by atoms with Gasteiger partial charge in [-0.15, -0.1) is 0 Å². The van der Waals surface area contributed by atoms with Crippen LogP contribution in [-0.2, 0) is 48.8 Å². The van der Waals surface area contributed by atoms with E-state index in [9.17, 15) is 79.1 Å². The zero-order valence-corrected chi connectivity index (χ0v) is 33.6. The molecule has 1 heterocycles. The first-order valence-corrected chi connectivity index (χ1v) is 22.9. The molecule has 1 spiro atoms. The smallest absolute Gasteiger partial charge is 0.438 e. The Hall–Kier alpha value is -2.16. The summed E-state index contributed by atoms with van der Waals surface area (Å²) in [6.45, 7) is -0.162. The molecule has 6 aliphatic carbocycles. The second-order valence-corrected chi connectivity index (χ2v) is 20.7. The summed E-state index contributed by atoms with van der Waals surface area (Å²) >= 11 is 0. The second-order valence-electron chi connectivity index (χ2n) is 17.8. The van der Waals surface area contributed by atoms with E-state index >= 15 is 0 Å². The molecule has 7 fully saturated rings. The van der Waals surface area contributed by atoms with Crippen LogP contribution in [0.5, 0.6) is 0 Å². The van der Waals surface area contributed by atoms with Crippen LogP contribution in [0.25, 0.3) is 0 Å². The fourth-order valence-corrected chi connectivity index (χ4v) is 13.3. The molecule has 26 heteroatoms. The zero-order valence-electron chi connectivity index (χ0n) is 32.0. The molecule has 352 valence electrons. The topological polar surface area (TPSA) is 180 Å². The van der Waals surface area contributed by atoms with Crippen LogP contribution >= 0.6 is 0 Å². The van der Waals surface area contributed by atoms with Crippen LogP contribution in [0.1, 0.15) is 89.9 Å². The second kappa shape index (κ2) is 15.8. The van der Waals surface area contributed by atoms with Crippen LogP contribution in [-0.4, -0.2) is 104 Å². The number of hydrogen-bond donors (Lipinski definition) is 2. The third kappa shape index (κ3) is 8.96. The monoisotopic (exact) mass is 948 g/mol. The molecule has 0 amide bonds. The highest BCUT2D eigenvalue weighted by atomic mass is 32.2.